The van der Waals surface area contributed by atoms with Crippen LogP contribution in [0, 0.1) is 0 Å². The van der Waals surface area contributed by atoms with E-state index in [1.807, 2.05) is 23.7 Å². The molecule has 0 saturated carbocycles. The van der Waals surface area contributed by atoms with Gasteiger partial charge in [0, 0.05) is 43.6 Å². The number of carbonyl (C=O) groups is 1. The minimum absolute atomic E-state index is 0.0569. The molecule has 0 bridgehead atoms. The molecule has 0 amide bonds. The molecule has 0 atom stereocenters. The van der Waals surface area contributed by atoms with Crippen LogP contribution in [0.2, 0.25) is 0 Å². The van der Waals surface area contributed by atoms with Crippen LogP contribution in [0.1, 0.15) is 30.9 Å². The van der Waals surface area contributed by atoms with Crippen molar-refractivity contribution in [1.29, 1.82) is 0 Å². The van der Waals surface area contributed by atoms with Gasteiger partial charge in [-0.1, -0.05) is 11.2 Å². The molecule has 0 fully saturated rings. The van der Waals surface area contributed by atoms with E-state index in [4.69, 9.17) is 4.52 Å². The zero-order valence-corrected chi connectivity index (χ0v) is 20.2. The summed E-state index contributed by atoms with van der Waals surface area (Å²) in [5.41, 5.74) is 2.34. The SMILES string of the molecule is Cn1cc(-c2cc3ncc(-c4ccc(CC(=O)Cc5cc(C(C)(C)C(F)(F)F)on5)cn4)n3cn2)cn1. The third-order valence-electron chi connectivity index (χ3n) is 6.15. The molecule has 0 spiro atoms. The smallest absolute Gasteiger partial charge is 0.360 e. The van der Waals surface area contributed by atoms with Gasteiger partial charge in [0.15, 0.2) is 5.76 Å². The van der Waals surface area contributed by atoms with Crippen molar-refractivity contribution in [2.24, 2.45) is 7.05 Å². The van der Waals surface area contributed by atoms with Gasteiger partial charge in [0.1, 0.15) is 23.2 Å². The van der Waals surface area contributed by atoms with Crippen molar-refractivity contribution in [2.75, 3.05) is 0 Å². The maximum absolute atomic E-state index is 13.2. The van der Waals surface area contributed by atoms with Crippen LogP contribution in [0.3, 0.4) is 0 Å². The highest BCUT2D eigenvalue weighted by molar-refractivity contribution is 5.82. The summed E-state index contributed by atoms with van der Waals surface area (Å²) in [4.78, 5) is 25.9. The second-order valence-corrected chi connectivity index (χ2v) is 9.30. The highest BCUT2D eigenvalue weighted by Gasteiger charge is 2.51. The van der Waals surface area contributed by atoms with E-state index >= 15 is 0 Å². The van der Waals surface area contributed by atoms with E-state index in [-0.39, 0.29) is 30.1 Å². The number of hydrogen-bond donors (Lipinski definition) is 0. The van der Waals surface area contributed by atoms with Gasteiger partial charge in [-0.25, -0.2) is 9.97 Å². The zero-order valence-electron chi connectivity index (χ0n) is 20.2. The van der Waals surface area contributed by atoms with E-state index in [9.17, 15) is 18.0 Å². The first-order valence-corrected chi connectivity index (χ1v) is 11.3. The maximum Gasteiger partial charge on any atom is 0.401 e. The fourth-order valence-electron chi connectivity index (χ4n) is 3.79. The molecule has 0 aromatic carbocycles. The number of pyridine rings is 1. The first-order chi connectivity index (χ1) is 17.5. The van der Waals surface area contributed by atoms with Crippen molar-refractivity contribution in [3.63, 3.8) is 0 Å². The van der Waals surface area contributed by atoms with E-state index in [1.165, 1.54) is 6.07 Å². The van der Waals surface area contributed by atoms with Gasteiger partial charge in [0.05, 0.1) is 41.6 Å². The van der Waals surface area contributed by atoms with Crippen molar-refractivity contribution in [3.8, 4) is 22.6 Å². The largest absolute Gasteiger partial charge is 0.401 e. The van der Waals surface area contributed by atoms with Crippen LogP contribution in [0.5, 0.6) is 0 Å². The number of aromatic nitrogens is 7. The summed E-state index contributed by atoms with van der Waals surface area (Å²) in [6.07, 6.45) is 3.97. The summed E-state index contributed by atoms with van der Waals surface area (Å²) in [6.45, 7) is 2.01. The van der Waals surface area contributed by atoms with Crippen molar-refractivity contribution < 1.29 is 22.5 Å². The lowest BCUT2D eigenvalue weighted by Crippen LogP contribution is -2.35. The molecule has 5 aromatic heterocycles. The van der Waals surface area contributed by atoms with Gasteiger partial charge in [-0.2, -0.15) is 18.3 Å². The summed E-state index contributed by atoms with van der Waals surface area (Å²) in [6, 6.07) is 6.60. The van der Waals surface area contributed by atoms with Gasteiger partial charge in [-0.05, 0) is 25.5 Å². The fraction of sp³-hybridized carbons (Fsp3) is 0.280. The molecule has 0 aliphatic heterocycles. The Kier molecular flexibility index (Phi) is 5.89. The Morgan fingerprint density at radius 1 is 1.00 bits per heavy atom. The van der Waals surface area contributed by atoms with Crippen molar-refractivity contribution in [3.05, 3.63) is 72.4 Å². The van der Waals surface area contributed by atoms with Crippen LogP contribution in [-0.2, 0) is 30.1 Å². The van der Waals surface area contributed by atoms with Crippen molar-refractivity contribution >= 4 is 11.4 Å². The number of nitrogens with zero attached hydrogens (tertiary/aromatic N) is 7. The molecular weight excluding hydrogens is 487 g/mol. The summed E-state index contributed by atoms with van der Waals surface area (Å²) >= 11 is 0. The first-order valence-electron chi connectivity index (χ1n) is 11.3. The predicted molar refractivity (Wildman–Crippen MR) is 126 cm³/mol. The van der Waals surface area contributed by atoms with Crippen LogP contribution in [0.25, 0.3) is 28.3 Å². The van der Waals surface area contributed by atoms with Crippen LogP contribution >= 0.6 is 0 Å². The van der Waals surface area contributed by atoms with Gasteiger partial charge >= 0.3 is 6.18 Å². The van der Waals surface area contributed by atoms with Crippen LogP contribution < -0.4 is 0 Å². The minimum atomic E-state index is -4.50. The minimum Gasteiger partial charge on any atom is -0.360 e. The second kappa shape index (κ2) is 8.95. The number of imidazole rings is 1. The van der Waals surface area contributed by atoms with Gasteiger partial charge in [-0.15, -0.1) is 0 Å². The fourth-order valence-corrected chi connectivity index (χ4v) is 3.79. The molecule has 5 rings (SSSR count). The summed E-state index contributed by atoms with van der Waals surface area (Å²) in [5, 5.41) is 7.81. The zero-order chi connectivity index (χ0) is 26.4. The van der Waals surface area contributed by atoms with Crippen molar-refractivity contribution in [2.45, 2.75) is 38.3 Å². The number of alkyl halides is 3. The standard InChI is InChI=1S/C25H22F3N7O2/c1-24(2,25(26,27)28)22-8-17(33-37-22)7-18(36)6-15-4-5-19(29-10-15)21-12-30-23-9-20(31-14-35(21)23)16-11-32-34(3)13-16/h4-5,8-14H,6-7H2,1-3H3. The lowest BCUT2D eigenvalue weighted by atomic mass is 9.89. The average molecular weight is 509 g/mol. The molecule has 9 nitrogen and oxygen atoms in total. The topological polar surface area (TPSA) is 104 Å². The molecule has 0 radical (unpaired) electrons. The number of carbonyl (C=O) groups excluding carboxylic acids is 1. The van der Waals surface area contributed by atoms with E-state index in [1.54, 1.807) is 41.7 Å². The average Bonchev–Trinajstić information content (AvgIpc) is 3.58. The molecule has 0 N–H and O–H groups in total. The maximum atomic E-state index is 13.2. The normalized spacial score (nSPS) is 12.4. The lowest BCUT2D eigenvalue weighted by Gasteiger charge is -2.24. The number of aryl methyl sites for hydroxylation is 1. The Morgan fingerprint density at radius 3 is 2.49 bits per heavy atom. The van der Waals surface area contributed by atoms with Gasteiger partial charge in [0.25, 0.3) is 0 Å². The van der Waals surface area contributed by atoms with Crippen LogP contribution in [-0.4, -0.2) is 46.2 Å². The van der Waals surface area contributed by atoms with E-state index < -0.39 is 11.6 Å². The number of Topliss-reactive ketones (excluding diaryl/α,β-unsaturated/α-hetero) is 1. The van der Waals surface area contributed by atoms with E-state index in [2.05, 4.69) is 25.2 Å². The monoisotopic (exact) mass is 509 g/mol. The number of rotatable bonds is 7. The molecule has 0 saturated heterocycles. The molecule has 5 heterocycles. The molecule has 0 aliphatic rings. The van der Waals surface area contributed by atoms with Gasteiger partial charge in [0.2, 0.25) is 0 Å². The van der Waals surface area contributed by atoms with Gasteiger partial charge in [-0.3, -0.25) is 18.9 Å². The lowest BCUT2D eigenvalue weighted by molar-refractivity contribution is -0.185. The van der Waals surface area contributed by atoms with Crippen molar-refractivity contribution in [1.82, 2.24) is 34.3 Å². The Hall–Kier alpha value is -4.35. The number of fused-ring (bicyclic) bond motifs is 1. The number of hydrogen-bond acceptors (Lipinski definition) is 7. The third kappa shape index (κ3) is 4.74. The Bertz CT molecular complexity index is 1580. The molecule has 0 aliphatic carbocycles. The Morgan fingerprint density at radius 2 is 1.81 bits per heavy atom. The predicted octanol–water partition coefficient (Wildman–Crippen LogP) is 4.37. The number of halogens is 3. The quantitative estimate of drug-likeness (QED) is 0.321. The van der Waals surface area contributed by atoms with E-state index in [0.29, 0.717) is 16.9 Å². The number of ketones is 1. The molecule has 37 heavy (non-hydrogen) atoms. The summed E-state index contributed by atoms with van der Waals surface area (Å²) < 4.78 is 48.0. The van der Waals surface area contributed by atoms with E-state index in [0.717, 1.165) is 30.8 Å². The first kappa shape index (κ1) is 24.3. The molecule has 12 heteroatoms. The summed E-state index contributed by atoms with van der Waals surface area (Å²) in [5.74, 6) is -0.551. The molecule has 190 valence electrons. The van der Waals surface area contributed by atoms with Crippen LogP contribution in [0.15, 0.2) is 59.9 Å². The Balaban J connectivity index is 1.27. The third-order valence-corrected chi connectivity index (χ3v) is 6.15. The Labute approximate surface area is 209 Å². The van der Waals surface area contributed by atoms with Crippen LogP contribution in [0.4, 0.5) is 13.2 Å². The summed E-state index contributed by atoms with van der Waals surface area (Å²) in [7, 11) is 1.84. The highest BCUT2D eigenvalue weighted by Crippen LogP contribution is 2.40. The molecule has 0 unspecified atom stereocenters. The second-order valence-electron chi connectivity index (χ2n) is 9.30. The molecule has 5 aromatic rings. The molecular formula is C25H22F3N7O2. The highest BCUT2D eigenvalue weighted by atomic mass is 19.4. The van der Waals surface area contributed by atoms with Gasteiger partial charge < -0.3 is 4.52 Å².